The average molecular weight is 252 g/mol. The maximum atomic E-state index is 5.92. The molecule has 1 atom stereocenters. The lowest BCUT2D eigenvalue weighted by Crippen LogP contribution is -2.19. The Hall–Kier alpha value is -1.48. The molecule has 2 rings (SSSR count). The third kappa shape index (κ3) is 2.61. The van der Waals surface area contributed by atoms with Gasteiger partial charge < -0.3 is 0 Å². The summed E-state index contributed by atoms with van der Waals surface area (Å²) in [6.07, 6.45) is 15.4. The molecule has 0 spiro atoms. The maximum absolute atomic E-state index is 5.92. The van der Waals surface area contributed by atoms with Gasteiger partial charge in [-0.25, -0.2) is 0 Å². The van der Waals surface area contributed by atoms with Gasteiger partial charge in [-0.3, -0.25) is 0 Å². The third-order valence-electron chi connectivity index (χ3n) is 4.16. The van der Waals surface area contributed by atoms with Crippen LogP contribution in [-0.4, -0.2) is 0 Å². The van der Waals surface area contributed by atoms with Crippen LogP contribution in [0.3, 0.4) is 0 Å². The Morgan fingerprint density at radius 2 is 1.84 bits per heavy atom. The second-order valence-corrected chi connectivity index (χ2v) is 5.54. The van der Waals surface area contributed by atoms with Crippen LogP contribution in [0.5, 0.6) is 0 Å². The number of rotatable bonds is 6. The average Bonchev–Trinajstić information content (AvgIpc) is 2.78. The van der Waals surface area contributed by atoms with Gasteiger partial charge in [-0.05, 0) is 36.0 Å². The molecule has 0 nitrogen and oxygen atoms in total. The van der Waals surface area contributed by atoms with Crippen LogP contribution in [0, 0.1) is 12.3 Å². The highest BCUT2D eigenvalue weighted by Gasteiger charge is 2.35. The Kier molecular flexibility index (Phi) is 4.48. The first-order valence-electron chi connectivity index (χ1n) is 7.56. The molecule has 1 aliphatic carbocycles. The number of benzene rings is 1. The molecule has 0 N–H and O–H groups in total. The molecule has 0 fully saturated rings. The Morgan fingerprint density at radius 1 is 1.11 bits per heavy atom. The number of terminal acetylenes is 1. The summed E-state index contributed by atoms with van der Waals surface area (Å²) in [6.45, 7) is 4.47. The van der Waals surface area contributed by atoms with Crippen LogP contribution in [0.25, 0.3) is 5.57 Å². The number of hydrogen-bond donors (Lipinski definition) is 0. The van der Waals surface area contributed by atoms with E-state index in [1.807, 2.05) is 0 Å². The molecule has 0 saturated carbocycles. The molecule has 1 aliphatic rings. The van der Waals surface area contributed by atoms with E-state index in [1.165, 1.54) is 42.4 Å². The van der Waals surface area contributed by atoms with Crippen molar-refractivity contribution in [1.82, 2.24) is 0 Å². The monoisotopic (exact) mass is 252 g/mol. The van der Waals surface area contributed by atoms with Crippen LogP contribution >= 0.6 is 0 Å². The van der Waals surface area contributed by atoms with Crippen molar-refractivity contribution in [2.75, 3.05) is 0 Å². The predicted molar refractivity (Wildman–Crippen MR) is 84.0 cm³/mol. The first-order valence-corrected chi connectivity index (χ1v) is 7.56. The second kappa shape index (κ2) is 6.11. The highest BCUT2D eigenvalue weighted by atomic mass is 14.4. The smallest absolute Gasteiger partial charge is 0.0751 e. The quantitative estimate of drug-likeness (QED) is 0.600. The summed E-state index contributed by atoms with van der Waals surface area (Å²) in [7, 11) is 0. The lowest BCUT2D eigenvalue weighted by atomic mass is 9.79. The topological polar surface area (TPSA) is 0 Å². The van der Waals surface area contributed by atoms with Gasteiger partial charge in [0.1, 0.15) is 0 Å². The molecule has 0 heterocycles. The van der Waals surface area contributed by atoms with Crippen molar-refractivity contribution in [1.29, 1.82) is 0 Å². The van der Waals surface area contributed by atoms with E-state index >= 15 is 0 Å². The Labute approximate surface area is 117 Å². The van der Waals surface area contributed by atoms with Crippen molar-refractivity contribution in [2.24, 2.45) is 0 Å². The van der Waals surface area contributed by atoms with E-state index in [9.17, 15) is 0 Å². The van der Waals surface area contributed by atoms with Crippen molar-refractivity contribution in [3.8, 4) is 12.3 Å². The van der Waals surface area contributed by atoms with E-state index in [2.05, 4.69) is 50.1 Å². The normalized spacial score (nSPS) is 20.8. The molecule has 0 amide bonds. The summed E-state index contributed by atoms with van der Waals surface area (Å²) in [5.74, 6) is 3.10. The Morgan fingerprint density at radius 3 is 2.53 bits per heavy atom. The van der Waals surface area contributed by atoms with E-state index in [-0.39, 0.29) is 5.41 Å². The van der Waals surface area contributed by atoms with Crippen LogP contribution in [0.15, 0.2) is 30.3 Å². The Bertz CT molecular complexity index is 501. The molecule has 19 heavy (non-hydrogen) atoms. The number of unbranched alkanes of at least 4 members (excludes halogenated alkanes) is 2. The van der Waals surface area contributed by atoms with Gasteiger partial charge in [-0.1, -0.05) is 69.4 Å². The number of allylic oxidation sites excluding steroid dienone is 2. The lowest BCUT2D eigenvalue weighted by molar-refractivity contribution is 0.584. The van der Waals surface area contributed by atoms with Crippen molar-refractivity contribution >= 4 is 5.57 Å². The minimum absolute atomic E-state index is 0.143. The standard InChI is InChI=1S/C19H24/c1-4-7-11-16-15-19(6-3,14-8-5-2)18-13-10-9-12-17(16)18/h3,9-10,12-13,15H,4-5,7-8,11,14H2,1-2H3. The summed E-state index contributed by atoms with van der Waals surface area (Å²) in [4.78, 5) is 0. The van der Waals surface area contributed by atoms with Crippen molar-refractivity contribution in [3.63, 3.8) is 0 Å². The van der Waals surface area contributed by atoms with E-state index in [0.29, 0.717) is 0 Å². The summed E-state index contributed by atoms with van der Waals surface area (Å²) < 4.78 is 0. The van der Waals surface area contributed by atoms with Gasteiger partial charge in [0.2, 0.25) is 0 Å². The summed E-state index contributed by atoms with van der Waals surface area (Å²) in [5.41, 5.74) is 4.07. The largest absolute Gasteiger partial charge is 0.119 e. The van der Waals surface area contributed by atoms with Crippen LogP contribution < -0.4 is 0 Å². The molecule has 0 radical (unpaired) electrons. The highest BCUT2D eigenvalue weighted by molar-refractivity contribution is 5.78. The molecule has 0 heteroatoms. The molecule has 100 valence electrons. The summed E-state index contributed by atoms with van der Waals surface area (Å²) in [5, 5.41) is 0. The lowest BCUT2D eigenvalue weighted by Gasteiger charge is -2.22. The molecule has 0 saturated heterocycles. The Balaban J connectivity index is 2.39. The number of fused-ring (bicyclic) bond motifs is 1. The minimum atomic E-state index is -0.143. The summed E-state index contributed by atoms with van der Waals surface area (Å²) in [6, 6.07) is 8.71. The van der Waals surface area contributed by atoms with E-state index in [1.54, 1.807) is 0 Å². The van der Waals surface area contributed by atoms with Gasteiger partial charge in [-0.2, -0.15) is 0 Å². The first kappa shape index (κ1) is 13.9. The van der Waals surface area contributed by atoms with Crippen molar-refractivity contribution in [3.05, 3.63) is 41.5 Å². The molecule has 0 aliphatic heterocycles. The second-order valence-electron chi connectivity index (χ2n) is 5.54. The van der Waals surface area contributed by atoms with Crippen LogP contribution in [0.4, 0.5) is 0 Å². The van der Waals surface area contributed by atoms with E-state index in [4.69, 9.17) is 6.42 Å². The van der Waals surface area contributed by atoms with E-state index < -0.39 is 0 Å². The van der Waals surface area contributed by atoms with Crippen molar-refractivity contribution in [2.45, 2.75) is 57.8 Å². The zero-order valence-electron chi connectivity index (χ0n) is 12.2. The van der Waals surface area contributed by atoms with Crippen molar-refractivity contribution < 1.29 is 0 Å². The maximum Gasteiger partial charge on any atom is 0.0751 e. The van der Waals surface area contributed by atoms with Crippen LogP contribution in [0.2, 0.25) is 0 Å². The zero-order valence-corrected chi connectivity index (χ0v) is 12.2. The van der Waals surface area contributed by atoms with Gasteiger partial charge in [0.05, 0.1) is 5.41 Å². The third-order valence-corrected chi connectivity index (χ3v) is 4.16. The van der Waals surface area contributed by atoms with Gasteiger partial charge in [-0.15, -0.1) is 6.42 Å². The summed E-state index contributed by atoms with van der Waals surface area (Å²) >= 11 is 0. The fraction of sp³-hybridized carbons (Fsp3) is 0.474. The van der Waals surface area contributed by atoms with Gasteiger partial charge >= 0.3 is 0 Å². The molecule has 1 unspecified atom stereocenters. The van der Waals surface area contributed by atoms with Gasteiger partial charge in [0.15, 0.2) is 0 Å². The SMILES string of the molecule is C#CC1(CCCC)C=C(CCCC)c2ccccc21. The fourth-order valence-corrected chi connectivity index (χ4v) is 3.03. The molecule has 1 aromatic rings. The van der Waals surface area contributed by atoms with Gasteiger partial charge in [0.25, 0.3) is 0 Å². The molecule has 1 aromatic carbocycles. The molecular weight excluding hydrogens is 228 g/mol. The first-order chi connectivity index (χ1) is 9.27. The molecular formula is C19H24. The van der Waals surface area contributed by atoms with E-state index in [0.717, 1.165) is 12.8 Å². The number of hydrogen-bond acceptors (Lipinski definition) is 0. The van der Waals surface area contributed by atoms with Gasteiger partial charge in [0, 0.05) is 0 Å². The fourth-order valence-electron chi connectivity index (χ4n) is 3.03. The van der Waals surface area contributed by atoms with Crippen LogP contribution in [0.1, 0.15) is 63.5 Å². The van der Waals surface area contributed by atoms with Crippen LogP contribution in [-0.2, 0) is 5.41 Å². The molecule has 0 bridgehead atoms. The zero-order chi connectivity index (χ0) is 13.7. The minimum Gasteiger partial charge on any atom is -0.119 e. The highest BCUT2D eigenvalue weighted by Crippen LogP contribution is 2.44. The predicted octanol–water partition coefficient (Wildman–Crippen LogP) is 5.34. The molecule has 0 aromatic heterocycles.